The standard InChI is InChI=1S/C13H15ClFN3O/c1-19-8-2-6-18-7-5-16-13(18)17-10-3-4-12(15)11(14)9-10/h3-5,7,9H,2,6,8H2,1H3,(H,16,17). The highest BCUT2D eigenvalue weighted by Crippen LogP contribution is 2.22. The number of hydrogen-bond acceptors (Lipinski definition) is 3. The van der Waals surface area contributed by atoms with Gasteiger partial charge in [-0.1, -0.05) is 11.6 Å². The Labute approximate surface area is 116 Å². The molecule has 0 saturated carbocycles. The average molecular weight is 284 g/mol. The molecular weight excluding hydrogens is 269 g/mol. The Bertz CT molecular complexity index is 544. The lowest BCUT2D eigenvalue weighted by molar-refractivity contribution is 0.190. The van der Waals surface area contributed by atoms with Gasteiger partial charge in [0.2, 0.25) is 5.95 Å². The van der Waals surface area contributed by atoms with E-state index in [4.69, 9.17) is 16.3 Å². The zero-order chi connectivity index (χ0) is 13.7. The van der Waals surface area contributed by atoms with Crippen molar-refractivity contribution in [2.45, 2.75) is 13.0 Å². The zero-order valence-electron chi connectivity index (χ0n) is 10.6. The molecule has 0 aliphatic heterocycles. The second kappa shape index (κ2) is 6.54. The van der Waals surface area contributed by atoms with Crippen molar-refractivity contribution < 1.29 is 9.13 Å². The van der Waals surface area contributed by atoms with Crippen LogP contribution in [0.1, 0.15) is 6.42 Å². The van der Waals surface area contributed by atoms with Gasteiger partial charge in [-0.05, 0) is 24.6 Å². The number of aryl methyl sites for hydroxylation is 1. The molecule has 102 valence electrons. The molecule has 2 rings (SSSR count). The van der Waals surface area contributed by atoms with Crippen LogP contribution >= 0.6 is 11.6 Å². The predicted molar refractivity (Wildman–Crippen MR) is 73.4 cm³/mol. The van der Waals surface area contributed by atoms with Gasteiger partial charge >= 0.3 is 0 Å². The average Bonchev–Trinajstić information content (AvgIpc) is 2.82. The van der Waals surface area contributed by atoms with E-state index < -0.39 is 5.82 Å². The Morgan fingerprint density at radius 2 is 2.32 bits per heavy atom. The number of nitrogens with zero attached hydrogens (tertiary/aromatic N) is 2. The van der Waals surface area contributed by atoms with Gasteiger partial charge < -0.3 is 14.6 Å². The minimum absolute atomic E-state index is 0.0856. The Balaban J connectivity index is 2.06. The molecule has 6 heteroatoms. The Morgan fingerprint density at radius 1 is 1.47 bits per heavy atom. The molecular formula is C13H15ClFN3O. The Hall–Kier alpha value is -1.59. The SMILES string of the molecule is COCCCn1ccnc1Nc1ccc(F)c(Cl)c1. The van der Waals surface area contributed by atoms with Gasteiger partial charge in [-0.3, -0.25) is 0 Å². The summed E-state index contributed by atoms with van der Waals surface area (Å²) >= 11 is 5.74. The summed E-state index contributed by atoms with van der Waals surface area (Å²) in [5.74, 6) is 0.259. The molecule has 0 spiro atoms. The van der Waals surface area contributed by atoms with E-state index in [9.17, 15) is 4.39 Å². The van der Waals surface area contributed by atoms with E-state index in [1.807, 2.05) is 10.8 Å². The van der Waals surface area contributed by atoms with Crippen LogP contribution in [0.3, 0.4) is 0 Å². The lowest BCUT2D eigenvalue weighted by Crippen LogP contribution is -2.05. The van der Waals surface area contributed by atoms with Crippen LogP contribution in [0.5, 0.6) is 0 Å². The van der Waals surface area contributed by atoms with Crippen molar-refractivity contribution in [3.63, 3.8) is 0 Å². The largest absolute Gasteiger partial charge is 0.385 e. The molecule has 0 radical (unpaired) electrons. The second-order valence-corrected chi connectivity index (χ2v) is 4.45. The van der Waals surface area contributed by atoms with Crippen molar-refractivity contribution >= 4 is 23.2 Å². The van der Waals surface area contributed by atoms with Gasteiger partial charge in [0.15, 0.2) is 0 Å². The first-order chi connectivity index (χ1) is 9.20. The van der Waals surface area contributed by atoms with Crippen LogP contribution in [-0.4, -0.2) is 23.3 Å². The van der Waals surface area contributed by atoms with Crippen molar-refractivity contribution in [1.82, 2.24) is 9.55 Å². The summed E-state index contributed by atoms with van der Waals surface area (Å²) < 4.78 is 20.1. The van der Waals surface area contributed by atoms with E-state index in [0.717, 1.165) is 13.0 Å². The van der Waals surface area contributed by atoms with Crippen LogP contribution in [0.2, 0.25) is 5.02 Å². The third-order valence-corrected chi connectivity index (χ3v) is 2.93. The highest BCUT2D eigenvalue weighted by Gasteiger charge is 2.05. The number of imidazole rings is 1. The molecule has 1 aromatic heterocycles. The van der Waals surface area contributed by atoms with E-state index in [1.54, 1.807) is 19.4 Å². The smallest absolute Gasteiger partial charge is 0.207 e. The number of anilines is 2. The number of hydrogen-bond donors (Lipinski definition) is 1. The number of nitrogens with one attached hydrogen (secondary N) is 1. The third kappa shape index (κ3) is 3.68. The highest BCUT2D eigenvalue weighted by molar-refractivity contribution is 6.31. The van der Waals surface area contributed by atoms with Crippen molar-refractivity contribution in [3.8, 4) is 0 Å². The summed E-state index contributed by atoms with van der Waals surface area (Å²) in [6, 6.07) is 4.48. The lowest BCUT2D eigenvalue weighted by atomic mass is 10.3. The molecule has 1 heterocycles. The van der Waals surface area contributed by atoms with Gasteiger partial charge in [0.25, 0.3) is 0 Å². The second-order valence-electron chi connectivity index (χ2n) is 4.04. The number of halogens is 2. The minimum Gasteiger partial charge on any atom is -0.385 e. The summed E-state index contributed by atoms with van der Waals surface area (Å²) in [6.07, 6.45) is 4.48. The summed E-state index contributed by atoms with van der Waals surface area (Å²) in [7, 11) is 1.67. The number of rotatable bonds is 6. The normalized spacial score (nSPS) is 10.7. The zero-order valence-corrected chi connectivity index (χ0v) is 11.3. The quantitative estimate of drug-likeness (QED) is 0.825. The first-order valence-electron chi connectivity index (χ1n) is 5.93. The fourth-order valence-corrected chi connectivity index (χ4v) is 1.88. The number of methoxy groups -OCH3 is 1. The molecule has 0 aliphatic rings. The van der Waals surface area contributed by atoms with Crippen molar-refractivity contribution in [2.24, 2.45) is 0 Å². The van der Waals surface area contributed by atoms with Crippen molar-refractivity contribution in [3.05, 3.63) is 41.4 Å². The molecule has 0 fully saturated rings. The topological polar surface area (TPSA) is 39.1 Å². The molecule has 4 nitrogen and oxygen atoms in total. The molecule has 0 unspecified atom stereocenters. The highest BCUT2D eigenvalue weighted by atomic mass is 35.5. The first kappa shape index (κ1) is 13.8. The van der Waals surface area contributed by atoms with E-state index in [-0.39, 0.29) is 5.02 Å². The predicted octanol–water partition coefficient (Wildman–Crippen LogP) is 3.46. The summed E-state index contributed by atoms with van der Waals surface area (Å²) in [6.45, 7) is 1.49. The van der Waals surface area contributed by atoms with Crippen molar-refractivity contribution in [1.29, 1.82) is 0 Å². The maximum atomic E-state index is 13.1. The van der Waals surface area contributed by atoms with Crippen LogP contribution in [0.15, 0.2) is 30.6 Å². The van der Waals surface area contributed by atoms with E-state index >= 15 is 0 Å². The van der Waals surface area contributed by atoms with Gasteiger partial charge in [-0.25, -0.2) is 9.37 Å². The molecule has 0 aliphatic carbocycles. The van der Waals surface area contributed by atoms with Crippen LogP contribution in [-0.2, 0) is 11.3 Å². The Morgan fingerprint density at radius 3 is 3.05 bits per heavy atom. The van der Waals surface area contributed by atoms with Crippen LogP contribution in [0.25, 0.3) is 0 Å². The van der Waals surface area contributed by atoms with Gasteiger partial charge in [-0.2, -0.15) is 0 Å². The molecule has 0 saturated heterocycles. The molecule has 0 bridgehead atoms. The number of benzene rings is 1. The summed E-state index contributed by atoms with van der Waals surface area (Å²) in [5.41, 5.74) is 0.700. The van der Waals surface area contributed by atoms with E-state index in [1.165, 1.54) is 12.1 Å². The van der Waals surface area contributed by atoms with Crippen LogP contribution in [0, 0.1) is 5.82 Å². The molecule has 0 amide bonds. The van der Waals surface area contributed by atoms with Gasteiger partial charge in [0.05, 0.1) is 5.02 Å². The fourth-order valence-electron chi connectivity index (χ4n) is 1.70. The molecule has 0 atom stereocenters. The van der Waals surface area contributed by atoms with E-state index in [0.29, 0.717) is 18.2 Å². The maximum Gasteiger partial charge on any atom is 0.207 e. The van der Waals surface area contributed by atoms with Crippen LogP contribution in [0.4, 0.5) is 16.0 Å². The maximum absolute atomic E-state index is 13.1. The molecule has 19 heavy (non-hydrogen) atoms. The lowest BCUT2D eigenvalue weighted by Gasteiger charge is -2.10. The van der Waals surface area contributed by atoms with Gasteiger partial charge in [-0.15, -0.1) is 0 Å². The summed E-state index contributed by atoms with van der Waals surface area (Å²) in [5, 5.41) is 3.19. The third-order valence-electron chi connectivity index (χ3n) is 2.64. The monoisotopic (exact) mass is 283 g/mol. The fraction of sp³-hybridized carbons (Fsp3) is 0.308. The van der Waals surface area contributed by atoms with Gasteiger partial charge in [0.1, 0.15) is 5.82 Å². The molecule has 1 N–H and O–H groups in total. The number of ether oxygens (including phenoxy) is 1. The van der Waals surface area contributed by atoms with Crippen LogP contribution < -0.4 is 5.32 Å². The summed E-state index contributed by atoms with van der Waals surface area (Å²) in [4.78, 5) is 4.22. The Kier molecular flexibility index (Phi) is 4.76. The molecule has 2 aromatic rings. The molecule has 1 aromatic carbocycles. The van der Waals surface area contributed by atoms with Gasteiger partial charge in [0, 0.05) is 38.3 Å². The number of aromatic nitrogens is 2. The van der Waals surface area contributed by atoms with Crippen molar-refractivity contribution in [2.75, 3.05) is 19.0 Å². The minimum atomic E-state index is -0.435. The van der Waals surface area contributed by atoms with E-state index in [2.05, 4.69) is 10.3 Å². The first-order valence-corrected chi connectivity index (χ1v) is 6.30.